The average molecular weight is 495 g/mol. The number of aliphatic hydroxyl groups excluding tert-OH is 2. The Morgan fingerprint density at radius 2 is 1.89 bits per heavy atom. The van der Waals surface area contributed by atoms with Gasteiger partial charge < -0.3 is 20.8 Å². The number of Topliss-reactive ketones (excluding diaryl/α,β-unsaturated/α-hetero) is 1. The normalized spacial score (nSPS) is 40.8. The maximum absolute atomic E-state index is 12.8. The molecule has 7 heteroatoms. The summed E-state index contributed by atoms with van der Waals surface area (Å²) in [6.45, 7) is 2.76. The Balaban J connectivity index is 1.45. The Morgan fingerprint density at radius 1 is 1.06 bits per heavy atom. The van der Waals surface area contributed by atoms with Gasteiger partial charge in [0.1, 0.15) is 11.3 Å². The van der Waals surface area contributed by atoms with Gasteiger partial charge in [0.05, 0.1) is 12.6 Å². The minimum absolute atomic E-state index is 0.136. The molecule has 0 aromatic carbocycles. The summed E-state index contributed by atoms with van der Waals surface area (Å²) in [5.41, 5.74) is 2.56. The molecule has 2 aliphatic heterocycles. The van der Waals surface area contributed by atoms with Gasteiger partial charge in [-0.05, 0) is 105 Å². The Bertz CT molecular complexity index is 1050. The lowest BCUT2D eigenvalue weighted by Gasteiger charge is -2.41. The number of rotatable bonds is 2. The van der Waals surface area contributed by atoms with Crippen LogP contribution in [0.1, 0.15) is 58.3 Å². The Labute approximate surface area is 212 Å². The highest BCUT2D eigenvalue weighted by molar-refractivity contribution is 6.27. The number of allylic oxidation sites excluding steroid dienone is 4. The molecule has 2 heterocycles. The maximum Gasteiger partial charge on any atom is 0.259 e. The van der Waals surface area contributed by atoms with Crippen LogP contribution < -0.4 is 10.6 Å². The van der Waals surface area contributed by atoms with Crippen LogP contribution in [0.25, 0.3) is 0 Å². The molecule has 3 fully saturated rings. The third-order valence-electron chi connectivity index (χ3n) is 9.49. The molecule has 0 spiro atoms. The van der Waals surface area contributed by atoms with Crippen molar-refractivity contribution in [3.8, 4) is 0 Å². The van der Waals surface area contributed by atoms with E-state index in [4.69, 9.17) is 0 Å². The van der Waals surface area contributed by atoms with Gasteiger partial charge in [0.25, 0.3) is 5.91 Å². The van der Waals surface area contributed by atoms with Gasteiger partial charge in [-0.3, -0.25) is 14.4 Å². The van der Waals surface area contributed by atoms with E-state index < -0.39 is 11.9 Å². The van der Waals surface area contributed by atoms with Crippen LogP contribution in [-0.4, -0.2) is 47.0 Å². The van der Waals surface area contributed by atoms with Crippen molar-refractivity contribution in [1.29, 1.82) is 0 Å². The molecule has 0 unspecified atom stereocenters. The van der Waals surface area contributed by atoms with Crippen molar-refractivity contribution in [1.82, 2.24) is 10.6 Å². The second-order valence-corrected chi connectivity index (χ2v) is 11.2. The summed E-state index contributed by atoms with van der Waals surface area (Å²) in [5, 5.41) is 26.4. The first-order valence-corrected chi connectivity index (χ1v) is 13.6. The molecular formula is C29H38N2O5. The van der Waals surface area contributed by atoms with Gasteiger partial charge in [-0.15, -0.1) is 0 Å². The molecule has 7 atom stereocenters. The summed E-state index contributed by atoms with van der Waals surface area (Å²) < 4.78 is 0. The number of fused-ring (bicyclic) bond motifs is 7. The van der Waals surface area contributed by atoms with E-state index in [9.17, 15) is 24.6 Å². The van der Waals surface area contributed by atoms with Crippen LogP contribution in [0.15, 0.2) is 46.8 Å². The van der Waals surface area contributed by atoms with Crippen molar-refractivity contribution in [3.63, 3.8) is 0 Å². The fraction of sp³-hybridized carbons (Fsp3) is 0.621. The molecule has 4 N–H and O–H groups in total. The predicted octanol–water partition coefficient (Wildman–Crippen LogP) is 3.28. The SMILES string of the molecule is CCC1=C(CO)[C@H]2[C@@H](C1)C[C@@H]1[C@@H]2CC[C@@H]2/C=C\C(O)=C3\C(=O)N[C@@H](CCCNC(=O)/C=C\C[C@@H]12)C3=O. The molecule has 0 aromatic rings. The van der Waals surface area contributed by atoms with Crippen molar-refractivity contribution in [3.05, 3.63) is 46.8 Å². The maximum atomic E-state index is 12.8. The van der Waals surface area contributed by atoms with Crippen LogP contribution >= 0.6 is 0 Å². The summed E-state index contributed by atoms with van der Waals surface area (Å²) in [4.78, 5) is 37.6. The Hall–Kier alpha value is -2.67. The number of amides is 2. The van der Waals surface area contributed by atoms with E-state index >= 15 is 0 Å². The van der Waals surface area contributed by atoms with E-state index in [2.05, 4.69) is 17.6 Å². The van der Waals surface area contributed by atoms with Crippen molar-refractivity contribution in [2.45, 2.75) is 64.3 Å². The molecule has 2 amide bonds. The molecule has 5 aliphatic rings. The molecule has 1 saturated heterocycles. The monoisotopic (exact) mass is 494 g/mol. The van der Waals surface area contributed by atoms with E-state index in [0.717, 1.165) is 38.5 Å². The van der Waals surface area contributed by atoms with Gasteiger partial charge in [0.15, 0.2) is 5.78 Å². The molecule has 5 rings (SSSR count). The van der Waals surface area contributed by atoms with Gasteiger partial charge in [0, 0.05) is 6.54 Å². The highest BCUT2D eigenvalue weighted by Crippen LogP contribution is 2.60. The largest absolute Gasteiger partial charge is 0.507 e. The number of hydrogen-bond acceptors (Lipinski definition) is 5. The van der Waals surface area contributed by atoms with Crippen molar-refractivity contribution in [2.75, 3.05) is 13.2 Å². The molecule has 194 valence electrons. The predicted molar refractivity (Wildman–Crippen MR) is 136 cm³/mol. The number of ketones is 1. The minimum atomic E-state index is -0.661. The van der Waals surface area contributed by atoms with E-state index in [1.165, 1.54) is 11.1 Å². The molecule has 2 bridgehead atoms. The molecular weight excluding hydrogens is 456 g/mol. The van der Waals surface area contributed by atoms with Crippen molar-refractivity contribution in [2.24, 2.45) is 35.5 Å². The fourth-order valence-corrected chi connectivity index (χ4v) is 7.94. The van der Waals surface area contributed by atoms with Crippen LogP contribution in [0.4, 0.5) is 0 Å². The summed E-state index contributed by atoms with van der Waals surface area (Å²) in [6.07, 6.45) is 14.1. The third kappa shape index (κ3) is 4.47. The van der Waals surface area contributed by atoms with E-state index in [1.54, 1.807) is 12.2 Å². The summed E-state index contributed by atoms with van der Waals surface area (Å²) in [7, 11) is 0. The van der Waals surface area contributed by atoms with Gasteiger partial charge in [0.2, 0.25) is 5.91 Å². The lowest BCUT2D eigenvalue weighted by Crippen LogP contribution is -2.33. The first-order valence-electron chi connectivity index (χ1n) is 13.6. The van der Waals surface area contributed by atoms with Crippen molar-refractivity contribution < 1.29 is 24.6 Å². The zero-order chi connectivity index (χ0) is 25.4. The lowest BCUT2D eigenvalue weighted by atomic mass is 9.64. The summed E-state index contributed by atoms with van der Waals surface area (Å²) >= 11 is 0. The lowest BCUT2D eigenvalue weighted by molar-refractivity contribution is -0.118. The number of carbonyl (C=O) groups is 3. The van der Waals surface area contributed by atoms with Crippen LogP contribution in [-0.2, 0) is 14.4 Å². The van der Waals surface area contributed by atoms with Gasteiger partial charge in [-0.2, -0.15) is 0 Å². The van der Waals surface area contributed by atoms with Crippen molar-refractivity contribution >= 4 is 17.6 Å². The quantitative estimate of drug-likeness (QED) is 0.347. The summed E-state index contributed by atoms with van der Waals surface area (Å²) in [6, 6.07) is -0.661. The standard InChI is InChI=1S/C29H38N2O5/c1-2-16-13-18-14-21-19-5-3-7-25(34)30-12-4-6-23-28(35)27(29(36)31-23)24(33)11-9-17(19)8-10-20(21)26(18)22(16)15-32/h3,7,9,11,17-21,23,26,32-33H,2,4-6,8,10,12-15H2,1H3,(H,30,34)(H,31,36)/b7-3-,11-9-,27-24-/t17-,18+,19-,20+,21+,23+,26+/m1/s1. The molecule has 7 nitrogen and oxygen atoms in total. The third-order valence-corrected chi connectivity index (χ3v) is 9.49. The molecule has 36 heavy (non-hydrogen) atoms. The van der Waals surface area contributed by atoms with Crippen LogP contribution in [0.3, 0.4) is 0 Å². The molecule has 2 saturated carbocycles. The first-order chi connectivity index (χ1) is 17.4. The topological polar surface area (TPSA) is 116 Å². The van der Waals surface area contributed by atoms with Crippen LogP contribution in [0, 0.1) is 35.5 Å². The minimum Gasteiger partial charge on any atom is -0.507 e. The number of aliphatic hydroxyl groups is 2. The highest BCUT2D eigenvalue weighted by Gasteiger charge is 2.52. The van der Waals surface area contributed by atoms with Crippen LogP contribution in [0.5, 0.6) is 0 Å². The summed E-state index contributed by atoms with van der Waals surface area (Å²) in [5.74, 6) is 1.23. The van der Waals surface area contributed by atoms with Gasteiger partial charge in [-0.25, -0.2) is 0 Å². The first kappa shape index (κ1) is 25.0. The smallest absolute Gasteiger partial charge is 0.259 e. The van der Waals surface area contributed by atoms with Gasteiger partial charge in [-0.1, -0.05) is 24.6 Å². The molecule has 3 aliphatic carbocycles. The number of carbonyl (C=O) groups excluding carboxylic acids is 3. The zero-order valence-electron chi connectivity index (χ0n) is 21.0. The van der Waals surface area contributed by atoms with Gasteiger partial charge >= 0.3 is 0 Å². The Kier molecular flexibility index (Phi) is 7.20. The fourth-order valence-electron chi connectivity index (χ4n) is 7.94. The average Bonchev–Trinajstić information content (AvgIpc) is 3.49. The second kappa shape index (κ2) is 10.4. The molecule has 0 radical (unpaired) electrons. The highest BCUT2D eigenvalue weighted by atomic mass is 16.3. The molecule has 0 aromatic heterocycles. The van der Waals surface area contributed by atoms with E-state index in [-0.39, 0.29) is 35.5 Å². The second-order valence-electron chi connectivity index (χ2n) is 11.2. The number of hydrogen-bond donors (Lipinski definition) is 4. The van der Waals surface area contributed by atoms with E-state index in [0.29, 0.717) is 49.0 Å². The van der Waals surface area contributed by atoms with Crippen LogP contribution in [0.2, 0.25) is 0 Å². The van der Waals surface area contributed by atoms with E-state index in [1.807, 2.05) is 12.2 Å². The number of nitrogens with one attached hydrogen (secondary N) is 2. The zero-order valence-corrected chi connectivity index (χ0v) is 21.0. The Morgan fingerprint density at radius 3 is 2.67 bits per heavy atom.